The maximum atomic E-state index is 10.3. The number of pyridine rings is 2. The number of ether oxygens (including phenoxy) is 2. The van der Waals surface area contributed by atoms with Crippen molar-refractivity contribution in [1.82, 2.24) is 24.7 Å². The molecular formula is C47H53N7O6. The fourth-order valence-electron chi connectivity index (χ4n) is 7.75. The number of hydrogen-bond donors (Lipinski definition) is 3. The fraction of sp³-hybridized carbons (Fsp3) is 0.340. The number of rotatable bonds is 9. The third-order valence-corrected chi connectivity index (χ3v) is 11.0. The molecule has 5 aromatic heterocycles. The van der Waals surface area contributed by atoms with E-state index in [1.807, 2.05) is 64.2 Å². The van der Waals surface area contributed by atoms with Crippen molar-refractivity contribution in [3.8, 4) is 22.3 Å². The van der Waals surface area contributed by atoms with Gasteiger partial charge >= 0.3 is 5.97 Å². The number of anilines is 2. The van der Waals surface area contributed by atoms with Gasteiger partial charge in [0.1, 0.15) is 23.2 Å². The maximum Gasteiger partial charge on any atom is 0.306 e. The molecule has 0 radical (unpaired) electrons. The van der Waals surface area contributed by atoms with Crippen molar-refractivity contribution in [3.63, 3.8) is 0 Å². The summed E-state index contributed by atoms with van der Waals surface area (Å²) in [5.41, 5.74) is 17.2. The maximum absolute atomic E-state index is 10.3. The number of hydrogen-bond acceptors (Lipinski definition) is 11. The molecule has 2 fully saturated rings. The van der Waals surface area contributed by atoms with Gasteiger partial charge in [-0.15, -0.1) is 0 Å². The highest BCUT2D eigenvalue weighted by atomic mass is 16.5. The Balaban J connectivity index is 0.000000154. The van der Waals surface area contributed by atoms with Crippen LogP contribution in [0.5, 0.6) is 0 Å². The van der Waals surface area contributed by atoms with Crippen molar-refractivity contribution in [2.75, 3.05) is 37.5 Å². The summed E-state index contributed by atoms with van der Waals surface area (Å²) in [6, 6.07) is 24.9. The Hall–Kier alpha value is -6.31. The molecule has 0 saturated carbocycles. The van der Waals surface area contributed by atoms with Crippen LogP contribution in [0, 0.1) is 33.6 Å². The van der Waals surface area contributed by atoms with Crippen LogP contribution in [0.2, 0.25) is 0 Å². The molecule has 0 atom stereocenters. The number of nitrogens with zero attached hydrogens (tertiary/aromatic N) is 5. The van der Waals surface area contributed by atoms with E-state index in [0.29, 0.717) is 44.3 Å². The van der Waals surface area contributed by atoms with Gasteiger partial charge in [0.2, 0.25) is 0 Å². The molecule has 7 aromatic rings. The van der Waals surface area contributed by atoms with Crippen molar-refractivity contribution in [1.29, 1.82) is 0 Å². The zero-order chi connectivity index (χ0) is 42.0. The monoisotopic (exact) mass is 811 g/mol. The molecule has 312 valence electrons. The van der Waals surface area contributed by atoms with E-state index in [1.54, 1.807) is 12.5 Å². The van der Waals surface area contributed by atoms with E-state index in [-0.39, 0.29) is 5.92 Å². The second-order valence-corrected chi connectivity index (χ2v) is 15.3. The highest BCUT2D eigenvalue weighted by molar-refractivity contribution is 5.80. The summed E-state index contributed by atoms with van der Waals surface area (Å²) in [7, 11) is 0. The average Bonchev–Trinajstić information content (AvgIpc) is 3.94. The Kier molecular flexibility index (Phi) is 13.7. The summed E-state index contributed by atoms with van der Waals surface area (Å²) in [4.78, 5) is 24.3. The van der Waals surface area contributed by atoms with Crippen LogP contribution in [0.4, 0.5) is 11.5 Å². The van der Waals surface area contributed by atoms with Crippen LogP contribution < -0.4 is 11.1 Å². The second kappa shape index (κ2) is 19.6. The van der Waals surface area contributed by atoms with E-state index < -0.39 is 5.97 Å². The largest absolute Gasteiger partial charge is 0.481 e. The Morgan fingerprint density at radius 2 is 1.45 bits per heavy atom. The molecule has 2 aliphatic heterocycles. The lowest BCUT2D eigenvalue weighted by Gasteiger charge is -2.22. The number of nitrogens with two attached hydrogens (primary N) is 1. The van der Waals surface area contributed by atoms with Crippen LogP contribution in [0.25, 0.3) is 33.4 Å². The molecule has 0 aliphatic carbocycles. The van der Waals surface area contributed by atoms with Gasteiger partial charge in [0, 0.05) is 80.1 Å². The molecule has 4 N–H and O–H groups in total. The molecular weight excluding hydrogens is 759 g/mol. The first-order valence-electron chi connectivity index (χ1n) is 20.5. The first-order valence-corrected chi connectivity index (χ1v) is 20.5. The van der Waals surface area contributed by atoms with E-state index >= 15 is 0 Å². The number of carboxylic acid groups (broad SMARTS) is 1. The standard InChI is InChI=1S/C23H24N4O2.C18H19N3O.C6H10O3/c1-15-21(16(2)29-26-15)19-12-20-22(24-13-19)25-23(18-8-10-28-11-9-18)27(20)14-17-6-4-3-5-7-17;1-12-11-22-13(2)17(12)15-8-16(18(19)21-10-15)20-9-14-6-4-3-5-7-14;7-6(8)5-1-3-9-4-2-5/h3-7,12-13,18H,8-11,14H2,1-2H3;3-8,10-11,20H,9H2,1-2H3,(H2,19,21);5H,1-4H2,(H,7,8). The van der Waals surface area contributed by atoms with Crippen LogP contribution in [0.1, 0.15) is 71.3 Å². The van der Waals surface area contributed by atoms with Crippen LogP contribution in [-0.4, -0.2) is 62.2 Å². The van der Waals surface area contributed by atoms with Crippen molar-refractivity contribution in [2.24, 2.45) is 5.92 Å². The van der Waals surface area contributed by atoms with Gasteiger partial charge < -0.3 is 39.1 Å². The summed E-state index contributed by atoms with van der Waals surface area (Å²) in [5, 5.41) is 15.9. The van der Waals surface area contributed by atoms with Crippen molar-refractivity contribution >= 4 is 28.6 Å². The van der Waals surface area contributed by atoms with Gasteiger partial charge in [-0.05, 0) is 82.2 Å². The number of nitrogen functional groups attached to an aromatic ring is 1. The zero-order valence-electron chi connectivity index (χ0n) is 34.7. The normalized spacial score (nSPS) is 14.5. The van der Waals surface area contributed by atoms with E-state index in [2.05, 4.69) is 62.5 Å². The molecule has 13 nitrogen and oxygen atoms in total. The number of furan rings is 1. The number of aliphatic carboxylic acids is 1. The molecule has 0 spiro atoms. The Labute approximate surface area is 350 Å². The van der Waals surface area contributed by atoms with Gasteiger partial charge in [0.05, 0.1) is 29.1 Å². The number of carboxylic acids is 1. The quantitative estimate of drug-likeness (QED) is 0.126. The van der Waals surface area contributed by atoms with Gasteiger partial charge in [0.25, 0.3) is 0 Å². The minimum Gasteiger partial charge on any atom is -0.481 e. The predicted octanol–water partition coefficient (Wildman–Crippen LogP) is 9.30. The van der Waals surface area contributed by atoms with Gasteiger partial charge in [-0.2, -0.15) is 0 Å². The number of nitrogens with one attached hydrogen (secondary N) is 1. The summed E-state index contributed by atoms with van der Waals surface area (Å²) in [6.45, 7) is 12.2. The Bertz CT molecular complexity index is 2440. The van der Waals surface area contributed by atoms with Gasteiger partial charge in [0.15, 0.2) is 5.65 Å². The molecule has 2 aromatic carbocycles. The lowest BCUT2D eigenvalue weighted by atomic mass is 9.99. The SMILES string of the molecule is Cc1coc(C)c1-c1cnc(N)c(NCc2ccccc2)c1.Cc1noc(C)c1-c1cnc2nc(C3CCOCC3)n(Cc3ccccc3)c2c1.O=C(O)C1CCOCC1. The van der Waals surface area contributed by atoms with E-state index in [4.69, 9.17) is 39.2 Å². The van der Waals surface area contributed by atoms with Gasteiger partial charge in [-0.3, -0.25) is 4.79 Å². The van der Waals surface area contributed by atoms with Crippen molar-refractivity contribution < 1.29 is 28.3 Å². The van der Waals surface area contributed by atoms with Crippen LogP contribution in [-0.2, 0) is 27.4 Å². The fourth-order valence-corrected chi connectivity index (χ4v) is 7.75. The number of aromatic nitrogens is 5. The van der Waals surface area contributed by atoms with E-state index in [0.717, 1.165) is 100 Å². The molecule has 0 amide bonds. The molecule has 9 rings (SSSR count). The van der Waals surface area contributed by atoms with E-state index in [9.17, 15) is 4.79 Å². The minimum absolute atomic E-state index is 0.154. The van der Waals surface area contributed by atoms with Gasteiger partial charge in [-0.1, -0.05) is 65.8 Å². The van der Waals surface area contributed by atoms with Gasteiger partial charge in [-0.25, -0.2) is 15.0 Å². The highest BCUT2D eigenvalue weighted by Crippen LogP contribution is 2.34. The van der Waals surface area contributed by atoms with Crippen LogP contribution in [0.15, 0.2) is 100 Å². The summed E-state index contributed by atoms with van der Waals surface area (Å²) < 4.78 is 23.7. The lowest BCUT2D eigenvalue weighted by Crippen LogP contribution is -2.22. The summed E-state index contributed by atoms with van der Waals surface area (Å²) in [5.74, 6) is 2.86. The average molecular weight is 812 g/mol. The van der Waals surface area contributed by atoms with Crippen molar-refractivity contribution in [3.05, 3.63) is 131 Å². The molecule has 7 heterocycles. The third kappa shape index (κ3) is 10.1. The summed E-state index contributed by atoms with van der Waals surface area (Å²) >= 11 is 0. The minimum atomic E-state index is -0.682. The topological polar surface area (TPSA) is 177 Å². The molecule has 13 heteroatoms. The first kappa shape index (κ1) is 41.8. The molecule has 0 bridgehead atoms. The number of fused-ring (bicyclic) bond motifs is 1. The number of carbonyl (C=O) groups is 1. The second-order valence-electron chi connectivity index (χ2n) is 15.3. The number of benzene rings is 2. The molecule has 0 unspecified atom stereocenters. The van der Waals surface area contributed by atoms with Crippen LogP contribution in [0.3, 0.4) is 0 Å². The smallest absolute Gasteiger partial charge is 0.306 e. The molecule has 60 heavy (non-hydrogen) atoms. The lowest BCUT2D eigenvalue weighted by molar-refractivity contribution is -0.144. The number of aryl methyl sites for hydroxylation is 4. The predicted molar refractivity (Wildman–Crippen MR) is 232 cm³/mol. The first-order chi connectivity index (χ1) is 29.2. The summed E-state index contributed by atoms with van der Waals surface area (Å²) in [6.07, 6.45) is 8.77. The Morgan fingerprint density at radius 3 is 2.05 bits per heavy atom. The van der Waals surface area contributed by atoms with Crippen molar-refractivity contribution in [2.45, 2.75) is 72.4 Å². The zero-order valence-corrected chi connectivity index (χ0v) is 34.7. The molecule has 2 aliphatic rings. The molecule has 2 saturated heterocycles. The number of imidazole rings is 1. The highest BCUT2D eigenvalue weighted by Gasteiger charge is 2.25. The third-order valence-electron chi connectivity index (χ3n) is 11.0. The van der Waals surface area contributed by atoms with E-state index in [1.165, 1.54) is 11.1 Å². The Morgan fingerprint density at radius 1 is 0.817 bits per heavy atom. The van der Waals surface area contributed by atoms with Crippen LogP contribution >= 0.6 is 0 Å².